The summed E-state index contributed by atoms with van der Waals surface area (Å²) in [6, 6.07) is 1.73. The highest BCUT2D eigenvalue weighted by atomic mass is 32.1. The molecule has 13 heteroatoms. The number of aryl methyl sites for hydroxylation is 2. The number of hydrogen-bond donors (Lipinski definition) is 2. The third-order valence-electron chi connectivity index (χ3n) is 7.69. The van der Waals surface area contributed by atoms with Crippen molar-refractivity contribution in [1.29, 1.82) is 0 Å². The number of fused-ring (bicyclic) bond motifs is 2. The fraction of sp³-hybridized carbons (Fsp3) is 0.444. The Balaban J connectivity index is 1.02. The van der Waals surface area contributed by atoms with Crippen molar-refractivity contribution < 1.29 is 19.1 Å². The van der Waals surface area contributed by atoms with Crippen LogP contribution in [0.4, 0.5) is 11.4 Å². The Morgan fingerprint density at radius 1 is 1.10 bits per heavy atom. The SMILES string of the molecule is Cc1ncc(NC(=O)CN2CC3(CCCCO3)C2)cc1NC(=O)c1cnn2cc(-c3cnn4c3OCCC4)sc12. The number of likely N-dealkylation sites (tertiary alicyclic amines) is 1. The van der Waals surface area contributed by atoms with Gasteiger partial charge in [0.1, 0.15) is 4.83 Å². The molecule has 0 aliphatic carbocycles. The predicted molar refractivity (Wildman–Crippen MR) is 149 cm³/mol. The van der Waals surface area contributed by atoms with Crippen molar-refractivity contribution in [3.05, 3.63) is 42.1 Å². The Bertz CT molecular complexity index is 1590. The van der Waals surface area contributed by atoms with E-state index in [2.05, 4.69) is 30.7 Å². The Hall–Kier alpha value is -3.81. The van der Waals surface area contributed by atoms with Crippen molar-refractivity contribution in [2.45, 2.75) is 44.8 Å². The van der Waals surface area contributed by atoms with Gasteiger partial charge in [-0.25, -0.2) is 9.20 Å². The second-order valence-electron chi connectivity index (χ2n) is 10.7. The molecule has 3 aliphatic heterocycles. The second kappa shape index (κ2) is 9.98. The number of nitrogens with zero attached hydrogens (tertiary/aromatic N) is 6. The number of aromatic nitrogens is 5. The molecule has 0 aromatic carbocycles. The highest BCUT2D eigenvalue weighted by Gasteiger charge is 2.45. The maximum atomic E-state index is 13.3. The first-order valence-electron chi connectivity index (χ1n) is 13.6. The van der Waals surface area contributed by atoms with Gasteiger partial charge in [0.2, 0.25) is 11.8 Å². The van der Waals surface area contributed by atoms with E-state index in [9.17, 15) is 9.59 Å². The van der Waals surface area contributed by atoms with Crippen LogP contribution in [0.15, 0.2) is 30.9 Å². The van der Waals surface area contributed by atoms with Gasteiger partial charge < -0.3 is 20.1 Å². The summed E-state index contributed by atoms with van der Waals surface area (Å²) in [6.07, 6.45) is 11.1. The summed E-state index contributed by atoms with van der Waals surface area (Å²) in [5.41, 5.74) is 2.98. The summed E-state index contributed by atoms with van der Waals surface area (Å²) in [6.45, 7) is 5.97. The van der Waals surface area contributed by atoms with Crippen LogP contribution < -0.4 is 15.4 Å². The quantitative estimate of drug-likeness (QED) is 0.367. The van der Waals surface area contributed by atoms with Gasteiger partial charge in [-0.1, -0.05) is 0 Å². The van der Waals surface area contributed by atoms with Crippen LogP contribution in [0, 0.1) is 6.92 Å². The van der Waals surface area contributed by atoms with Gasteiger partial charge >= 0.3 is 0 Å². The van der Waals surface area contributed by atoms with Gasteiger partial charge in [0.25, 0.3) is 5.91 Å². The molecule has 0 saturated carbocycles. The van der Waals surface area contributed by atoms with Gasteiger partial charge in [-0.3, -0.25) is 19.5 Å². The number of carbonyl (C=O) groups excluding carboxylic acids is 2. The smallest absolute Gasteiger partial charge is 0.260 e. The van der Waals surface area contributed by atoms with E-state index in [4.69, 9.17) is 9.47 Å². The van der Waals surface area contributed by atoms with Crippen LogP contribution in [-0.4, -0.2) is 79.5 Å². The van der Waals surface area contributed by atoms with E-state index in [1.54, 1.807) is 29.2 Å². The number of rotatable bonds is 6. The molecule has 2 amide bonds. The molecule has 3 aliphatic rings. The molecule has 0 bridgehead atoms. The van der Waals surface area contributed by atoms with Crippen LogP contribution >= 0.6 is 11.3 Å². The van der Waals surface area contributed by atoms with Crippen molar-refractivity contribution in [3.8, 4) is 16.3 Å². The molecule has 12 nitrogen and oxygen atoms in total. The summed E-state index contributed by atoms with van der Waals surface area (Å²) in [5.74, 6) is 0.325. The molecule has 2 fully saturated rings. The van der Waals surface area contributed by atoms with Gasteiger partial charge in [0, 0.05) is 38.9 Å². The number of hydrogen-bond acceptors (Lipinski definition) is 9. The number of anilines is 2. The van der Waals surface area contributed by atoms with E-state index < -0.39 is 0 Å². The van der Waals surface area contributed by atoms with Gasteiger partial charge in [-0.2, -0.15) is 10.2 Å². The van der Waals surface area contributed by atoms with Crippen LogP contribution in [0.2, 0.25) is 0 Å². The maximum absolute atomic E-state index is 13.3. The third-order valence-corrected chi connectivity index (χ3v) is 8.84. The van der Waals surface area contributed by atoms with E-state index in [1.165, 1.54) is 17.8 Å². The fourth-order valence-electron chi connectivity index (χ4n) is 5.67. The lowest BCUT2D eigenvalue weighted by molar-refractivity contribution is -0.167. The lowest BCUT2D eigenvalue weighted by atomic mass is 9.86. The van der Waals surface area contributed by atoms with Gasteiger partial charge in [-0.15, -0.1) is 11.3 Å². The van der Waals surface area contributed by atoms with E-state index >= 15 is 0 Å². The average Bonchev–Trinajstić information content (AvgIpc) is 3.64. The summed E-state index contributed by atoms with van der Waals surface area (Å²) < 4.78 is 15.4. The third kappa shape index (κ3) is 4.63. The van der Waals surface area contributed by atoms with E-state index in [0.717, 1.165) is 61.8 Å². The zero-order chi connectivity index (χ0) is 27.3. The zero-order valence-corrected chi connectivity index (χ0v) is 23.0. The number of amides is 2. The zero-order valence-electron chi connectivity index (χ0n) is 22.2. The van der Waals surface area contributed by atoms with Crippen molar-refractivity contribution in [2.75, 3.05) is 43.5 Å². The molecule has 1 spiro atoms. The summed E-state index contributed by atoms with van der Waals surface area (Å²) in [5, 5.41) is 14.7. The molecule has 7 rings (SSSR count). The fourth-order valence-corrected chi connectivity index (χ4v) is 6.73. The molecule has 208 valence electrons. The van der Waals surface area contributed by atoms with Crippen molar-refractivity contribution in [1.82, 2.24) is 29.3 Å². The van der Waals surface area contributed by atoms with E-state index in [1.807, 2.05) is 17.8 Å². The van der Waals surface area contributed by atoms with Gasteiger partial charge in [-0.05, 0) is 32.3 Å². The molecule has 4 aromatic rings. The molecule has 0 atom stereocenters. The van der Waals surface area contributed by atoms with Gasteiger partial charge in [0.15, 0.2) is 0 Å². The summed E-state index contributed by atoms with van der Waals surface area (Å²) in [4.78, 5) is 34.1. The first-order valence-corrected chi connectivity index (χ1v) is 14.4. The molecule has 7 heterocycles. The van der Waals surface area contributed by atoms with E-state index in [0.29, 0.717) is 40.6 Å². The van der Waals surface area contributed by atoms with Crippen LogP contribution in [0.3, 0.4) is 0 Å². The largest absolute Gasteiger partial charge is 0.477 e. The van der Waals surface area contributed by atoms with Crippen LogP contribution in [0.5, 0.6) is 5.88 Å². The lowest BCUT2D eigenvalue weighted by Gasteiger charge is -2.51. The minimum atomic E-state index is -0.302. The number of nitrogens with one attached hydrogen (secondary N) is 2. The number of ether oxygens (including phenoxy) is 2. The van der Waals surface area contributed by atoms with Gasteiger partial charge in [0.05, 0.1) is 70.4 Å². The minimum absolute atomic E-state index is 0.0592. The topological polar surface area (TPSA) is 128 Å². The lowest BCUT2D eigenvalue weighted by Crippen LogP contribution is -2.65. The number of thiazole rings is 1. The monoisotopic (exact) mass is 562 g/mol. The van der Waals surface area contributed by atoms with Crippen molar-refractivity contribution in [2.24, 2.45) is 0 Å². The van der Waals surface area contributed by atoms with E-state index in [-0.39, 0.29) is 17.4 Å². The normalized spacial score (nSPS) is 18.2. The summed E-state index contributed by atoms with van der Waals surface area (Å²) >= 11 is 1.46. The molecular formula is C27H30N8O4S. The first-order chi connectivity index (χ1) is 19.5. The average molecular weight is 563 g/mol. The Morgan fingerprint density at radius 2 is 2.00 bits per heavy atom. The number of pyridine rings is 1. The summed E-state index contributed by atoms with van der Waals surface area (Å²) in [7, 11) is 0. The molecule has 2 N–H and O–H groups in total. The number of carbonyl (C=O) groups is 2. The Morgan fingerprint density at radius 3 is 2.85 bits per heavy atom. The van der Waals surface area contributed by atoms with Crippen LogP contribution in [0.25, 0.3) is 15.3 Å². The van der Waals surface area contributed by atoms with Crippen molar-refractivity contribution >= 4 is 39.4 Å². The molecular weight excluding hydrogens is 532 g/mol. The van der Waals surface area contributed by atoms with Crippen LogP contribution in [0.1, 0.15) is 41.7 Å². The Kier molecular flexibility index (Phi) is 6.28. The molecule has 0 unspecified atom stereocenters. The predicted octanol–water partition coefficient (Wildman–Crippen LogP) is 3.19. The molecule has 0 radical (unpaired) electrons. The maximum Gasteiger partial charge on any atom is 0.260 e. The van der Waals surface area contributed by atoms with Crippen molar-refractivity contribution in [3.63, 3.8) is 0 Å². The first kappa shape index (κ1) is 25.2. The standard InChI is InChI=1S/C27H30N8O4S/c1-17-21(9-18(10-28-17)31-23(36)14-33-15-27(16-33)5-2-3-8-39-27)32-24(37)20-12-30-35-13-22(40-26(20)35)19-11-29-34-6-4-7-38-25(19)34/h9-13H,2-8,14-16H2,1H3,(H,31,36)(H,32,37). The Labute approximate surface area is 234 Å². The molecule has 2 saturated heterocycles. The highest BCUT2D eigenvalue weighted by molar-refractivity contribution is 7.21. The highest BCUT2D eigenvalue weighted by Crippen LogP contribution is 2.38. The van der Waals surface area contributed by atoms with Crippen LogP contribution in [-0.2, 0) is 16.1 Å². The molecule has 40 heavy (non-hydrogen) atoms. The minimum Gasteiger partial charge on any atom is -0.477 e. The second-order valence-corrected chi connectivity index (χ2v) is 11.7. The molecule has 4 aromatic heterocycles.